The Kier molecular flexibility index (Phi) is 4.15. The Balaban J connectivity index is 1.98. The Hall–Kier alpha value is -0.910. The van der Waals surface area contributed by atoms with Gasteiger partial charge in [-0.2, -0.15) is 0 Å². The van der Waals surface area contributed by atoms with Gasteiger partial charge in [0, 0.05) is 15.9 Å². The highest BCUT2D eigenvalue weighted by molar-refractivity contribution is 9.10. The average Bonchev–Trinajstić information content (AvgIpc) is 2.81. The van der Waals surface area contributed by atoms with Crippen molar-refractivity contribution in [3.05, 3.63) is 50.9 Å². The molecule has 0 fully saturated rings. The molecule has 0 radical (unpaired) electrons. The second-order valence-electron chi connectivity index (χ2n) is 3.54. The molecule has 2 aromatic rings. The SMILES string of the molecule is OC(CNc1ccc(Br)cc1F)c1cccs1. The molecule has 2 nitrogen and oxygen atoms in total. The van der Waals surface area contributed by atoms with Gasteiger partial charge in [-0.15, -0.1) is 11.3 Å². The van der Waals surface area contributed by atoms with Crippen LogP contribution in [0.15, 0.2) is 40.2 Å². The number of benzene rings is 1. The smallest absolute Gasteiger partial charge is 0.147 e. The van der Waals surface area contributed by atoms with Crippen molar-refractivity contribution in [2.45, 2.75) is 6.10 Å². The predicted octanol–water partition coefficient (Wildman–Crippen LogP) is 3.80. The zero-order chi connectivity index (χ0) is 12.3. The first-order valence-electron chi connectivity index (χ1n) is 5.07. The van der Waals surface area contributed by atoms with Gasteiger partial charge in [0.05, 0.1) is 5.69 Å². The molecule has 0 spiro atoms. The molecular formula is C12H11BrFNOS. The second kappa shape index (κ2) is 5.62. The molecule has 1 heterocycles. The molecule has 17 heavy (non-hydrogen) atoms. The van der Waals surface area contributed by atoms with Crippen molar-refractivity contribution in [2.75, 3.05) is 11.9 Å². The van der Waals surface area contributed by atoms with Crippen molar-refractivity contribution >= 4 is 33.0 Å². The van der Waals surface area contributed by atoms with Crippen LogP contribution >= 0.6 is 27.3 Å². The normalized spacial score (nSPS) is 12.4. The molecule has 0 bridgehead atoms. The number of halogens is 2. The van der Waals surface area contributed by atoms with E-state index in [9.17, 15) is 9.50 Å². The van der Waals surface area contributed by atoms with Gasteiger partial charge in [-0.3, -0.25) is 0 Å². The van der Waals surface area contributed by atoms with E-state index in [4.69, 9.17) is 0 Å². The molecule has 2 N–H and O–H groups in total. The summed E-state index contributed by atoms with van der Waals surface area (Å²) < 4.78 is 14.2. The summed E-state index contributed by atoms with van der Waals surface area (Å²) in [6, 6.07) is 8.52. The lowest BCUT2D eigenvalue weighted by Gasteiger charge is -2.12. The van der Waals surface area contributed by atoms with Gasteiger partial charge < -0.3 is 10.4 Å². The predicted molar refractivity (Wildman–Crippen MR) is 71.9 cm³/mol. The number of thiophene rings is 1. The largest absolute Gasteiger partial charge is 0.386 e. The fourth-order valence-corrected chi connectivity index (χ4v) is 2.47. The van der Waals surface area contributed by atoms with Gasteiger partial charge in [-0.05, 0) is 29.6 Å². The minimum atomic E-state index is -0.613. The Bertz CT molecular complexity index is 489. The van der Waals surface area contributed by atoms with Crippen molar-refractivity contribution < 1.29 is 9.50 Å². The second-order valence-corrected chi connectivity index (χ2v) is 5.43. The monoisotopic (exact) mass is 315 g/mol. The van der Waals surface area contributed by atoms with Gasteiger partial charge in [0.1, 0.15) is 11.9 Å². The highest BCUT2D eigenvalue weighted by atomic mass is 79.9. The van der Waals surface area contributed by atoms with Crippen molar-refractivity contribution in [1.82, 2.24) is 0 Å². The Morgan fingerprint density at radius 1 is 1.41 bits per heavy atom. The molecule has 0 aliphatic heterocycles. The van der Waals surface area contributed by atoms with Gasteiger partial charge in [0.2, 0.25) is 0 Å². The molecular weight excluding hydrogens is 305 g/mol. The van der Waals surface area contributed by atoms with E-state index in [1.807, 2.05) is 17.5 Å². The van der Waals surface area contributed by atoms with Crippen LogP contribution in [0.1, 0.15) is 11.0 Å². The van der Waals surface area contributed by atoms with Crippen LogP contribution in [0.25, 0.3) is 0 Å². The quantitative estimate of drug-likeness (QED) is 0.899. The van der Waals surface area contributed by atoms with Crippen molar-refractivity contribution in [3.63, 3.8) is 0 Å². The molecule has 1 atom stereocenters. The molecule has 0 aliphatic carbocycles. The first kappa shape index (κ1) is 12.5. The minimum absolute atomic E-state index is 0.291. The number of anilines is 1. The van der Waals surface area contributed by atoms with E-state index in [-0.39, 0.29) is 5.82 Å². The van der Waals surface area contributed by atoms with E-state index >= 15 is 0 Å². The molecule has 0 aliphatic rings. The summed E-state index contributed by atoms with van der Waals surface area (Å²) in [5.41, 5.74) is 0.392. The zero-order valence-electron chi connectivity index (χ0n) is 8.86. The van der Waals surface area contributed by atoms with Crippen molar-refractivity contribution in [3.8, 4) is 0 Å². The summed E-state index contributed by atoms with van der Waals surface area (Å²) in [4.78, 5) is 0.870. The number of aliphatic hydroxyl groups excluding tert-OH is 1. The van der Waals surface area contributed by atoms with E-state index in [2.05, 4.69) is 21.2 Å². The third kappa shape index (κ3) is 3.28. The highest BCUT2D eigenvalue weighted by Gasteiger charge is 2.09. The molecule has 90 valence electrons. The summed E-state index contributed by atoms with van der Waals surface area (Å²) in [7, 11) is 0. The highest BCUT2D eigenvalue weighted by Crippen LogP contribution is 2.22. The molecule has 5 heteroatoms. The summed E-state index contributed by atoms with van der Waals surface area (Å²) >= 11 is 4.67. The number of nitrogens with one attached hydrogen (secondary N) is 1. The standard InChI is InChI=1S/C12H11BrFNOS/c13-8-3-4-10(9(14)6-8)15-7-11(16)12-2-1-5-17-12/h1-6,11,15-16H,7H2. The van der Waals surface area contributed by atoms with Gasteiger partial charge in [0.25, 0.3) is 0 Å². The first-order valence-corrected chi connectivity index (χ1v) is 6.74. The third-order valence-corrected chi connectivity index (χ3v) is 3.76. The third-order valence-electron chi connectivity index (χ3n) is 2.29. The average molecular weight is 316 g/mol. The van der Waals surface area contributed by atoms with Gasteiger partial charge >= 0.3 is 0 Å². The number of hydrogen-bond acceptors (Lipinski definition) is 3. The van der Waals surface area contributed by atoms with E-state index < -0.39 is 6.10 Å². The molecule has 1 aromatic carbocycles. The van der Waals surface area contributed by atoms with E-state index in [1.54, 1.807) is 12.1 Å². The van der Waals surface area contributed by atoms with Gasteiger partial charge in [0.15, 0.2) is 0 Å². The maximum Gasteiger partial charge on any atom is 0.147 e. The van der Waals surface area contributed by atoms with Crippen LogP contribution in [0.2, 0.25) is 0 Å². The van der Waals surface area contributed by atoms with Crippen LogP contribution < -0.4 is 5.32 Å². The number of aliphatic hydroxyl groups is 1. The molecule has 1 unspecified atom stereocenters. The summed E-state index contributed by atoms with van der Waals surface area (Å²) in [6.45, 7) is 0.291. The lowest BCUT2D eigenvalue weighted by molar-refractivity contribution is 0.195. The first-order chi connectivity index (χ1) is 8.16. The maximum absolute atomic E-state index is 13.5. The molecule has 0 amide bonds. The summed E-state index contributed by atoms with van der Waals surface area (Å²) in [5, 5.41) is 14.6. The Labute approximate surface area is 111 Å². The van der Waals surface area contributed by atoms with Crippen LogP contribution in [0.5, 0.6) is 0 Å². The number of hydrogen-bond donors (Lipinski definition) is 2. The van der Waals surface area contributed by atoms with Crippen molar-refractivity contribution in [1.29, 1.82) is 0 Å². The van der Waals surface area contributed by atoms with Gasteiger partial charge in [-0.1, -0.05) is 22.0 Å². The van der Waals surface area contributed by atoms with E-state index in [0.29, 0.717) is 16.7 Å². The van der Waals surface area contributed by atoms with Crippen LogP contribution in [0.4, 0.5) is 10.1 Å². The van der Waals surface area contributed by atoms with Crippen molar-refractivity contribution in [2.24, 2.45) is 0 Å². The fourth-order valence-electron chi connectivity index (χ4n) is 1.42. The lowest BCUT2D eigenvalue weighted by atomic mass is 10.2. The maximum atomic E-state index is 13.5. The summed E-state index contributed by atoms with van der Waals surface area (Å²) in [6.07, 6.45) is -0.613. The van der Waals surface area contributed by atoms with E-state index in [1.165, 1.54) is 17.4 Å². The van der Waals surface area contributed by atoms with Crippen LogP contribution in [0.3, 0.4) is 0 Å². The number of rotatable bonds is 4. The van der Waals surface area contributed by atoms with Crippen LogP contribution in [-0.4, -0.2) is 11.7 Å². The molecule has 0 saturated carbocycles. The zero-order valence-corrected chi connectivity index (χ0v) is 11.3. The lowest BCUT2D eigenvalue weighted by Crippen LogP contribution is -2.11. The fraction of sp³-hybridized carbons (Fsp3) is 0.167. The van der Waals surface area contributed by atoms with Crippen LogP contribution in [0, 0.1) is 5.82 Å². The molecule has 2 rings (SSSR count). The van der Waals surface area contributed by atoms with E-state index in [0.717, 1.165) is 4.88 Å². The van der Waals surface area contributed by atoms with Crippen LogP contribution in [-0.2, 0) is 0 Å². The van der Waals surface area contributed by atoms with Gasteiger partial charge in [-0.25, -0.2) is 4.39 Å². The summed E-state index contributed by atoms with van der Waals surface area (Å²) in [5.74, 6) is -0.335. The Morgan fingerprint density at radius 3 is 2.88 bits per heavy atom. The topological polar surface area (TPSA) is 32.3 Å². The molecule has 1 aromatic heterocycles. The molecule has 0 saturated heterocycles. The minimum Gasteiger partial charge on any atom is -0.386 e. The Morgan fingerprint density at radius 2 is 2.24 bits per heavy atom.